The lowest BCUT2D eigenvalue weighted by Crippen LogP contribution is -2.29. The van der Waals surface area contributed by atoms with Crippen molar-refractivity contribution in [2.45, 2.75) is 43.3 Å². The predicted octanol–water partition coefficient (Wildman–Crippen LogP) is 7.42. The first-order valence-electron chi connectivity index (χ1n) is 14.2. The second kappa shape index (κ2) is 14.0. The zero-order chi connectivity index (χ0) is 31.2. The summed E-state index contributed by atoms with van der Waals surface area (Å²) < 4.78 is 26.1. The van der Waals surface area contributed by atoms with Crippen LogP contribution in [0.5, 0.6) is 11.5 Å². The Balaban J connectivity index is 1.53. The summed E-state index contributed by atoms with van der Waals surface area (Å²) in [7, 11) is 0. The van der Waals surface area contributed by atoms with E-state index in [4.69, 9.17) is 9.47 Å². The van der Waals surface area contributed by atoms with Gasteiger partial charge in [0, 0.05) is 11.3 Å². The molecule has 44 heavy (non-hydrogen) atoms. The number of Topliss-reactive ketones (excluding diaryl/α,β-unsaturated/α-hetero) is 1. The molecule has 1 aliphatic rings. The van der Waals surface area contributed by atoms with Gasteiger partial charge in [0.1, 0.15) is 23.1 Å². The quantitative estimate of drug-likeness (QED) is 0.0566. The van der Waals surface area contributed by atoms with Gasteiger partial charge in [0.05, 0.1) is 24.8 Å². The Hall–Kier alpha value is -4.22. The standard InChI is InChI=1S/C33H32FN3O5S2/c1-4-41-24-14-12-21(13-15-24)29(38)27-28(22-9-7-10-25(18-22)42-17-16-20(2)3)37(31(40)30(27)39)32-35-36-33(44-32)43-19-23-8-5-6-11-26(23)34/h5-15,18,20,28,38H,4,16-17,19H2,1-3H3/b29-27+. The predicted molar refractivity (Wildman–Crippen MR) is 170 cm³/mol. The SMILES string of the molecule is CCOc1ccc(/C(O)=C2\C(=O)C(=O)N(c3nnc(SCc4ccccc4F)s3)C2c2cccc(OCCC(C)C)c2)cc1. The van der Waals surface area contributed by atoms with Gasteiger partial charge in [0.2, 0.25) is 5.13 Å². The fraction of sp³-hybridized carbons (Fsp3) is 0.273. The van der Waals surface area contributed by atoms with E-state index in [0.717, 1.165) is 17.8 Å². The molecule has 0 radical (unpaired) electrons. The van der Waals surface area contributed by atoms with Crippen molar-refractivity contribution >= 4 is 45.7 Å². The van der Waals surface area contributed by atoms with E-state index in [1.807, 2.05) is 13.0 Å². The fourth-order valence-corrected chi connectivity index (χ4v) is 6.53. The topological polar surface area (TPSA) is 102 Å². The second-order valence-electron chi connectivity index (χ2n) is 10.5. The Labute approximate surface area is 263 Å². The van der Waals surface area contributed by atoms with E-state index in [0.29, 0.717) is 57.4 Å². The molecular formula is C33H32FN3O5S2. The zero-order valence-corrected chi connectivity index (χ0v) is 26.2. The Bertz CT molecular complexity index is 1670. The van der Waals surface area contributed by atoms with Crippen LogP contribution in [0, 0.1) is 11.7 Å². The van der Waals surface area contributed by atoms with Crippen LogP contribution in [0.3, 0.4) is 0 Å². The van der Waals surface area contributed by atoms with Crippen LogP contribution in [0.15, 0.2) is 82.7 Å². The Morgan fingerprint density at radius 3 is 2.52 bits per heavy atom. The molecule has 1 atom stereocenters. The minimum absolute atomic E-state index is 0.0748. The monoisotopic (exact) mass is 633 g/mol. The average Bonchev–Trinajstić information content (AvgIpc) is 3.58. The number of carbonyl (C=O) groups is 2. The van der Waals surface area contributed by atoms with E-state index in [1.54, 1.807) is 60.7 Å². The summed E-state index contributed by atoms with van der Waals surface area (Å²) in [5.41, 5.74) is 1.36. The van der Waals surface area contributed by atoms with E-state index >= 15 is 0 Å². The average molecular weight is 634 g/mol. The Kier molecular flexibility index (Phi) is 9.96. The van der Waals surface area contributed by atoms with Crippen molar-refractivity contribution in [3.05, 3.63) is 101 Å². The van der Waals surface area contributed by atoms with Gasteiger partial charge >= 0.3 is 5.91 Å². The Morgan fingerprint density at radius 1 is 1.02 bits per heavy atom. The van der Waals surface area contributed by atoms with Crippen molar-refractivity contribution in [2.24, 2.45) is 5.92 Å². The summed E-state index contributed by atoms with van der Waals surface area (Å²) in [6.07, 6.45) is 0.860. The molecule has 11 heteroatoms. The maximum atomic E-state index is 14.2. The number of halogens is 1. The Morgan fingerprint density at radius 2 is 1.80 bits per heavy atom. The van der Waals surface area contributed by atoms with Crippen LogP contribution in [-0.4, -0.2) is 40.2 Å². The van der Waals surface area contributed by atoms with Gasteiger partial charge in [-0.2, -0.15) is 0 Å². The largest absolute Gasteiger partial charge is 0.507 e. The minimum Gasteiger partial charge on any atom is -0.507 e. The lowest BCUT2D eigenvalue weighted by Gasteiger charge is -2.23. The highest BCUT2D eigenvalue weighted by Gasteiger charge is 2.48. The lowest BCUT2D eigenvalue weighted by molar-refractivity contribution is -0.132. The number of nitrogens with zero attached hydrogens (tertiary/aromatic N) is 3. The molecule has 228 valence electrons. The summed E-state index contributed by atoms with van der Waals surface area (Å²) in [6.45, 7) is 7.08. The molecule has 1 fully saturated rings. The van der Waals surface area contributed by atoms with Gasteiger partial charge in [-0.3, -0.25) is 14.5 Å². The van der Waals surface area contributed by atoms with Crippen LogP contribution >= 0.6 is 23.1 Å². The number of carbonyl (C=O) groups excluding carboxylic acids is 2. The third kappa shape index (κ3) is 6.95. The molecule has 1 amide bonds. The van der Waals surface area contributed by atoms with Crippen molar-refractivity contribution in [1.82, 2.24) is 10.2 Å². The summed E-state index contributed by atoms with van der Waals surface area (Å²) in [5.74, 6) is -0.351. The third-order valence-corrected chi connectivity index (χ3v) is 9.04. The number of aliphatic hydroxyl groups excluding tert-OH is 1. The van der Waals surface area contributed by atoms with Crippen LogP contribution in [0.1, 0.15) is 49.9 Å². The van der Waals surface area contributed by atoms with E-state index in [-0.39, 0.29) is 22.3 Å². The zero-order valence-electron chi connectivity index (χ0n) is 24.5. The normalized spacial score (nSPS) is 16.1. The molecule has 1 N–H and O–H groups in total. The highest BCUT2D eigenvalue weighted by molar-refractivity contribution is 8.00. The smallest absolute Gasteiger partial charge is 0.301 e. The van der Waals surface area contributed by atoms with Gasteiger partial charge in [0.15, 0.2) is 4.34 Å². The molecule has 1 aliphatic heterocycles. The summed E-state index contributed by atoms with van der Waals surface area (Å²) >= 11 is 2.40. The molecule has 3 aromatic carbocycles. The number of benzene rings is 3. The first kappa shape index (κ1) is 31.2. The van der Waals surface area contributed by atoms with Crippen molar-refractivity contribution in [1.29, 1.82) is 0 Å². The van der Waals surface area contributed by atoms with Gasteiger partial charge in [-0.25, -0.2) is 4.39 Å². The summed E-state index contributed by atoms with van der Waals surface area (Å²) in [5, 5.41) is 20.1. The molecule has 1 unspecified atom stereocenters. The molecule has 2 heterocycles. The van der Waals surface area contributed by atoms with Gasteiger partial charge in [0.25, 0.3) is 5.78 Å². The van der Waals surface area contributed by atoms with Crippen LogP contribution < -0.4 is 14.4 Å². The van der Waals surface area contributed by atoms with Crippen LogP contribution in [0.4, 0.5) is 9.52 Å². The number of aromatic nitrogens is 2. The van der Waals surface area contributed by atoms with Crippen molar-refractivity contribution in [2.75, 3.05) is 18.1 Å². The van der Waals surface area contributed by atoms with Crippen molar-refractivity contribution < 1.29 is 28.6 Å². The van der Waals surface area contributed by atoms with E-state index in [9.17, 15) is 19.1 Å². The molecule has 8 nitrogen and oxygen atoms in total. The molecule has 0 spiro atoms. The number of aliphatic hydroxyl groups is 1. The third-order valence-electron chi connectivity index (χ3n) is 6.93. The number of anilines is 1. The van der Waals surface area contributed by atoms with E-state index < -0.39 is 17.7 Å². The molecule has 0 saturated carbocycles. The fourth-order valence-electron chi connectivity index (χ4n) is 4.68. The first-order chi connectivity index (χ1) is 21.3. The van der Waals surface area contributed by atoms with E-state index in [1.165, 1.54) is 22.7 Å². The van der Waals surface area contributed by atoms with Crippen LogP contribution in [-0.2, 0) is 15.3 Å². The van der Waals surface area contributed by atoms with Gasteiger partial charge in [-0.15, -0.1) is 10.2 Å². The summed E-state index contributed by atoms with van der Waals surface area (Å²) in [6, 6.07) is 19.3. The molecular weight excluding hydrogens is 602 g/mol. The minimum atomic E-state index is -0.993. The van der Waals surface area contributed by atoms with Gasteiger partial charge in [-0.05, 0) is 72.9 Å². The molecule has 1 aromatic heterocycles. The van der Waals surface area contributed by atoms with Crippen molar-refractivity contribution in [3.8, 4) is 11.5 Å². The maximum absolute atomic E-state index is 14.2. The number of rotatable bonds is 12. The van der Waals surface area contributed by atoms with Crippen LogP contribution in [0.25, 0.3) is 5.76 Å². The highest BCUT2D eigenvalue weighted by atomic mass is 32.2. The van der Waals surface area contributed by atoms with Gasteiger partial charge in [-0.1, -0.05) is 67.3 Å². The second-order valence-corrected chi connectivity index (χ2v) is 12.6. The maximum Gasteiger partial charge on any atom is 0.301 e. The van der Waals surface area contributed by atoms with Gasteiger partial charge < -0.3 is 14.6 Å². The van der Waals surface area contributed by atoms with Crippen LogP contribution in [0.2, 0.25) is 0 Å². The molecule has 1 saturated heterocycles. The van der Waals surface area contributed by atoms with Crippen molar-refractivity contribution in [3.63, 3.8) is 0 Å². The number of ether oxygens (including phenoxy) is 2. The number of ketones is 1. The lowest BCUT2D eigenvalue weighted by atomic mass is 9.95. The first-order valence-corrected chi connectivity index (χ1v) is 16.0. The molecule has 5 rings (SSSR count). The highest BCUT2D eigenvalue weighted by Crippen LogP contribution is 2.44. The molecule has 0 bridgehead atoms. The molecule has 4 aromatic rings. The number of hydrogen-bond acceptors (Lipinski definition) is 9. The number of amides is 1. The summed E-state index contributed by atoms with van der Waals surface area (Å²) in [4.78, 5) is 28.5. The molecule has 0 aliphatic carbocycles. The van der Waals surface area contributed by atoms with E-state index in [2.05, 4.69) is 24.0 Å². The number of thioether (sulfide) groups is 1. The number of hydrogen-bond donors (Lipinski definition) is 1.